The number of halogens is 5. The Morgan fingerprint density at radius 2 is 1.82 bits per heavy atom. The first-order valence-electron chi connectivity index (χ1n) is 3.18. The summed E-state index contributed by atoms with van der Waals surface area (Å²) in [5.41, 5.74) is -1.79. The summed E-state index contributed by atoms with van der Waals surface area (Å²) in [6.07, 6.45) is -6.31. The highest BCUT2D eigenvalue weighted by Gasteiger charge is 2.61. The van der Waals surface area contributed by atoms with Gasteiger partial charge in [0.15, 0.2) is 0 Å². The minimum absolute atomic E-state index is 0.191. The van der Waals surface area contributed by atoms with Crippen LogP contribution in [0.15, 0.2) is 0 Å². The van der Waals surface area contributed by atoms with E-state index in [1.807, 2.05) is 0 Å². The molecule has 0 aromatic rings. The van der Waals surface area contributed by atoms with E-state index in [2.05, 4.69) is 15.9 Å². The van der Waals surface area contributed by atoms with Crippen LogP contribution in [0, 0.1) is 5.41 Å². The lowest BCUT2D eigenvalue weighted by atomic mass is 9.68. The molecule has 1 fully saturated rings. The van der Waals surface area contributed by atoms with Crippen LogP contribution in [0.2, 0.25) is 0 Å². The van der Waals surface area contributed by atoms with E-state index in [4.69, 9.17) is 0 Å². The van der Waals surface area contributed by atoms with Crippen molar-refractivity contribution in [2.24, 2.45) is 5.41 Å². The summed E-state index contributed by atoms with van der Waals surface area (Å²) < 4.78 is 48.6. The Hall–Kier alpha value is 0.200. The molecule has 0 unspecified atom stereocenters. The Labute approximate surface area is 70.1 Å². The first-order chi connectivity index (χ1) is 4.91. The summed E-state index contributed by atoms with van der Waals surface area (Å²) in [7, 11) is 0. The summed E-state index contributed by atoms with van der Waals surface area (Å²) in [6, 6.07) is 0. The van der Waals surface area contributed by atoms with E-state index in [0.717, 1.165) is 0 Å². The first-order valence-corrected chi connectivity index (χ1v) is 4.30. The molecule has 0 saturated heterocycles. The molecule has 0 nitrogen and oxygen atoms in total. The van der Waals surface area contributed by atoms with Gasteiger partial charge in [0.05, 0.1) is 5.41 Å². The Balaban J connectivity index is 2.65. The van der Waals surface area contributed by atoms with Gasteiger partial charge in [-0.25, -0.2) is 4.39 Å². The van der Waals surface area contributed by atoms with Crippen LogP contribution in [0.5, 0.6) is 0 Å². The molecule has 0 amide bonds. The van der Waals surface area contributed by atoms with Gasteiger partial charge in [0.1, 0.15) is 6.17 Å². The molecule has 0 heterocycles. The Kier molecular flexibility index (Phi) is 2.20. The molecule has 0 aromatic carbocycles. The fourth-order valence-electron chi connectivity index (χ4n) is 1.20. The topological polar surface area (TPSA) is 0 Å². The van der Waals surface area contributed by atoms with Crippen LogP contribution in [-0.4, -0.2) is 17.7 Å². The van der Waals surface area contributed by atoms with Gasteiger partial charge in [-0.2, -0.15) is 13.2 Å². The molecular formula is C6H7BrF4. The fraction of sp³-hybridized carbons (Fsp3) is 1.00. The summed E-state index contributed by atoms with van der Waals surface area (Å²) in [5, 5.41) is -0.191. The smallest absolute Gasteiger partial charge is 0.247 e. The molecule has 1 saturated carbocycles. The summed E-state index contributed by atoms with van der Waals surface area (Å²) >= 11 is 2.76. The maximum atomic E-state index is 12.2. The minimum atomic E-state index is -4.26. The third-order valence-corrected chi connectivity index (χ3v) is 3.15. The van der Waals surface area contributed by atoms with Crippen molar-refractivity contribution in [3.63, 3.8) is 0 Å². The molecule has 0 radical (unpaired) electrons. The molecule has 0 bridgehead atoms. The lowest BCUT2D eigenvalue weighted by molar-refractivity contribution is -0.254. The molecule has 11 heavy (non-hydrogen) atoms. The third kappa shape index (κ3) is 1.39. The van der Waals surface area contributed by atoms with Crippen molar-refractivity contribution < 1.29 is 17.6 Å². The van der Waals surface area contributed by atoms with Crippen LogP contribution in [-0.2, 0) is 0 Å². The average Bonchev–Trinajstić information content (AvgIpc) is 1.77. The zero-order valence-electron chi connectivity index (χ0n) is 5.59. The highest BCUT2D eigenvalue weighted by atomic mass is 79.9. The van der Waals surface area contributed by atoms with E-state index in [-0.39, 0.29) is 18.2 Å². The van der Waals surface area contributed by atoms with Gasteiger partial charge >= 0.3 is 6.18 Å². The second-order valence-electron chi connectivity index (χ2n) is 2.92. The van der Waals surface area contributed by atoms with Gasteiger partial charge in [-0.1, -0.05) is 15.9 Å². The summed E-state index contributed by atoms with van der Waals surface area (Å²) in [5.74, 6) is 0. The van der Waals surface area contributed by atoms with Crippen LogP contribution in [0.3, 0.4) is 0 Å². The number of hydrogen-bond acceptors (Lipinski definition) is 0. The van der Waals surface area contributed by atoms with Crippen molar-refractivity contribution in [1.29, 1.82) is 0 Å². The standard InChI is InChI=1S/C6H7BrF4/c7-3-5(6(9,10)11)1-4(8)2-5/h4H,1-3H2. The predicted molar refractivity (Wildman–Crippen MR) is 36.4 cm³/mol. The number of hydrogen-bond donors (Lipinski definition) is 0. The second kappa shape index (κ2) is 2.61. The van der Waals surface area contributed by atoms with Crippen molar-refractivity contribution in [3.05, 3.63) is 0 Å². The van der Waals surface area contributed by atoms with Crippen LogP contribution >= 0.6 is 15.9 Å². The Morgan fingerprint density at radius 3 is 1.91 bits per heavy atom. The summed E-state index contributed by atoms with van der Waals surface area (Å²) in [6.45, 7) is 0. The Bertz CT molecular complexity index is 147. The van der Waals surface area contributed by atoms with E-state index >= 15 is 0 Å². The van der Waals surface area contributed by atoms with E-state index in [1.54, 1.807) is 0 Å². The van der Waals surface area contributed by atoms with Crippen LogP contribution in [0.1, 0.15) is 12.8 Å². The molecule has 1 rings (SSSR count). The van der Waals surface area contributed by atoms with Gasteiger partial charge in [-0.3, -0.25) is 0 Å². The highest BCUT2D eigenvalue weighted by molar-refractivity contribution is 9.09. The molecule has 5 heteroatoms. The molecule has 1 aliphatic carbocycles. The SMILES string of the molecule is FC1CC(CBr)(C(F)(F)F)C1. The minimum Gasteiger partial charge on any atom is -0.247 e. The first kappa shape index (κ1) is 9.29. The van der Waals surface area contributed by atoms with Gasteiger partial charge in [0, 0.05) is 5.33 Å². The normalized spacial score (nSPS) is 38.5. The van der Waals surface area contributed by atoms with E-state index < -0.39 is 17.8 Å². The van der Waals surface area contributed by atoms with E-state index in [9.17, 15) is 17.6 Å². The maximum Gasteiger partial charge on any atom is 0.395 e. The van der Waals surface area contributed by atoms with Gasteiger partial charge in [-0.15, -0.1) is 0 Å². The number of alkyl halides is 5. The van der Waals surface area contributed by atoms with Crippen LogP contribution in [0.25, 0.3) is 0 Å². The molecule has 0 aliphatic heterocycles. The average molecular weight is 235 g/mol. The molecular weight excluding hydrogens is 228 g/mol. The van der Waals surface area contributed by atoms with Gasteiger partial charge in [0.25, 0.3) is 0 Å². The molecule has 0 aromatic heterocycles. The maximum absolute atomic E-state index is 12.2. The monoisotopic (exact) mass is 234 g/mol. The zero-order valence-corrected chi connectivity index (χ0v) is 7.17. The lowest BCUT2D eigenvalue weighted by Gasteiger charge is -2.43. The molecule has 0 N–H and O–H groups in total. The van der Waals surface area contributed by atoms with Crippen LogP contribution < -0.4 is 0 Å². The van der Waals surface area contributed by atoms with Crippen molar-refractivity contribution >= 4 is 15.9 Å². The lowest BCUT2D eigenvalue weighted by Crippen LogP contribution is -2.51. The summed E-state index contributed by atoms with van der Waals surface area (Å²) in [4.78, 5) is 0. The van der Waals surface area contributed by atoms with Gasteiger partial charge in [-0.05, 0) is 12.8 Å². The van der Waals surface area contributed by atoms with Crippen molar-refractivity contribution in [1.82, 2.24) is 0 Å². The third-order valence-electron chi connectivity index (χ3n) is 2.08. The molecule has 1 aliphatic rings. The molecule has 66 valence electrons. The quantitative estimate of drug-likeness (QED) is 0.484. The van der Waals surface area contributed by atoms with Crippen LogP contribution in [0.4, 0.5) is 17.6 Å². The Morgan fingerprint density at radius 1 is 1.36 bits per heavy atom. The van der Waals surface area contributed by atoms with E-state index in [0.29, 0.717) is 0 Å². The van der Waals surface area contributed by atoms with E-state index in [1.165, 1.54) is 0 Å². The zero-order chi connectivity index (χ0) is 8.70. The van der Waals surface area contributed by atoms with Gasteiger partial charge in [0.2, 0.25) is 0 Å². The fourth-order valence-corrected chi connectivity index (χ4v) is 1.98. The van der Waals surface area contributed by atoms with Gasteiger partial charge < -0.3 is 0 Å². The van der Waals surface area contributed by atoms with Crippen molar-refractivity contribution in [2.75, 3.05) is 5.33 Å². The predicted octanol–water partition coefficient (Wildman–Crippen LogP) is 3.06. The van der Waals surface area contributed by atoms with Crippen molar-refractivity contribution in [2.45, 2.75) is 25.2 Å². The molecule has 0 spiro atoms. The largest absolute Gasteiger partial charge is 0.395 e. The van der Waals surface area contributed by atoms with Crippen molar-refractivity contribution in [3.8, 4) is 0 Å². The second-order valence-corrected chi connectivity index (χ2v) is 3.48. The highest BCUT2D eigenvalue weighted by Crippen LogP contribution is 2.54. The number of rotatable bonds is 1. The molecule has 0 atom stereocenters.